The maximum Gasteiger partial charge on any atom is 0.152 e. The Hall–Kier alpha value is -2.35. The number of carbonyl (C=O) groups is 1. The molecule has 2 aromatic carbocycles. The van der Waals surface area contributed by atoms with Gasteiger partial charge in [-0.3, -0.25) is 4.79 Å². The van der Waals surface area contributed by atoms with Gasteiger partial charge in [-0.1, -0.05) is 30.3 Å². The highest BCUT2D eigenvalue weighted by molar-refractivity contribution is 6.06. The summed E-state index contributed by atoms with van der Waals surface area (Å²) in [4.78, 5) is 14.4. The van der Waals surface area contributed by atoms with Gasteiger partial charge in [-0.05, 0) is 42.2 Å². The Balaban J connectivity index is 2.43. The zero-order valence-corrected chi connectivity index (χ0v) is 11.0. The minimum Gasteiger partial charge on any atom is -0.360 e. The van der Waals surface area contributed by atoms with Crippen molar-refractivity contribution in [1.82, 2.24) is 4.98 Å². The first-order valence-electron chi connectivity index (χ1n) is 6.34. The molecule has 94 valence electrons. The average molecular weight is 249 g/mol. The van der Waals surface area contributed by atoms with Crippen molar-refractivity contribution < 1.29 is 4.79 Å². The zero-order chi connectivity index (χ0) is 13.4. The van der Waals surface area contributed by atoms with E-state index in [9.17, 15) is 4.79 Å². The number of benzene rings is 2. The Morgan fingerprint density at radius 2 is 1.68 bits per heavy atom. The van der Waals surface area contributed by atoms with Crippen molar-refractivity contribution in [1.29, 1.82) is 0 Å². The molecule has 0 fully saturated rings. The van der Waals surface area contributed by atoms with E-state index in [-0.39, 0.29) is 0 Å². The summed E-state index contributed by atoms with van der Waals surface area (Å²) < 4.78 is 0. The molecule has 0 atom stereocenters. The molecule has 0 radical (unpaired) electrons. The number of hydrogen-bond donors (Lipinski definition) is 1. The van der Waals surface area contributed by atoms with Gasteiger partial charge in [0.1, 0.15) is 0 Å². The van der Waals surface area contributed by atoms with Gasteiger partial charge in [0.2, 0.25) is 0 Å². The smallest absolute Gasteiger partial charge is 0.152 e. The largest absolute Gasteiger partial charge is 0.360 e. The second-order valence-electron chi connectivity index (χ2n) is 4.86. The van der Waals surface area contributed by atoms with Gasteiger partial charge < -0.3 is 4.98 Å². The van der Waals surface area contributed by atoms with Crippen LogP contribution in [0.5, 0.6) is 0 Å². The van der Waals surface area contributed by atoms with E-state index in [1.54, 1.807) is 6.20 Å². The summed E-state index contributed by atoms with van der Waals surface area (Å²) in [7, 11) is 0. The molecule has 0 saturated carbocycles. The first-order chi connectivity index (χ1) is 9.22. The third kappa shape index (κ3) is 1.76. The van der Waals surface area contributed by atoms with Crippen molar-refractivity contribution in [3.63, 3.8) is 0 Å². The Bertz CT molecular complexity index is 748. The molecule has 0 spiro atoms. The summed E-state index contributed by atoms with van der Waals surface area (Å²) in [6.45, 7) is 4.21. The van der Waals surface area contributed by atoms with Crippen molar-refractivity contribution in [3.05, 3.63) is 59.3 Å². The van der Waals surface area contributed by atoms with Crippen LogP contribution < -0.4 is 0 Å². The van der Waals surface area contributed by atoms with Crippen LogP contribution in [0.25, 0.3) is 22.0 Å². The second-order valence-corrected chi connectivity index (χ2v) is 4.86. The topological polar surface area (TPSA) is 32.9 Å². The average Bonchev–Trinajstić information content (AvgIpc) is 2.82. The number of aldehydes is 1. The quantitative estimate of drug-likeness (QED) is 0.676. The van der Waals surface area contributed by atoms with Crippen LogP contribution in [-0.4, -0.2) is 11.3 Å². The van der Waals surface area contributed by atoms with Gasteiger partial charge in [0.05, 0.1) is 0 Å². The number of nitrogens with one attached hydrogen (secondary N) is 1. The number of aromatic amines is 1. The van der Waals surface area contributed by atoms with E-state index in [4.69, 9.17) is 0 Å². The Labute approximate surface area is 112 Å². The van der Waals surface area contributed by atoms with Crippen molar-refractivity contribution in [2.75, 3.05) is 0 Å². The van der Waals surface area contributed by atoms with Crippen LogP contribution in [0.1, 0.15) is 21.5 Å². The lowest BCUT2D eigenvalue weighted by molar-refractivity contribution is 0.112. The summed E-state index contributed by atoms with van der Waals surface area (Å²) in [5, 5.41) is 1.01. The maximum absolute atomic E-state index is 11.2. The molecule has 2 heteroatoms. The summed E-state index contributed by atoms with van der Waals surface area (Å²) in [5.74, 6) is 0. The van der Waals surface area contributed by atoms with Crippen LogP contribution in [-0.2, 0) is 0 Å². The summed E-state index contributed by atoms with van der Waals surface area (Å²) in [6, 6.07) is 12.4. The lowest BCUT2D eigenvalue weighted by atomic mass is 9.92. The number of aromatic nitrogens is 1. The van der Waals surface area contributed by atoms with Crippen molar-refractivity contribution >= 4 is 17.2 Å². The van der Waals surface area contributed by atoms with E-state index in [1.807, 2.05) is 12.1 Å². The van der Waals surface area contributed by atoms with Crippen LogP contribution in [0.2, 0.25) is 0 Å². The minimum atomic E-state index is 0.716. The van der Waals surface area contributed by atoms with E-state index in [1.165, 1.54) is 16.7 Å². The Kier molecular flexibility index (Phi) is 2.71. The third-order valence-electron chi connectivity index (χ3n) is 3.61. The van der Waals surface area contributed by atoms with Gasteiger partial charge >= 0.3 is 0 Å². The number of rotatable bonds is 2. The summed E-state index contributed by atoms with van der Waals surface area (Å²) in [5.41, 5.74) is 6.51. The Morgan fingerprint density at radius 1 is 1.00 bits per heavy atom. The highest BCUT2D eigenvalue weighted by atomic mass is 16.1. The minimum absolute atomic E-state index is 0.716. The number of fused-ring (bicyclic) bond motifs is 1. The molecule has 0 bridgehead atoms. The molecule has 0 aliphatic heterocycles. The molecule has 3 rings (SSSR count). The van der Waals surface area contributed by atoms with E-state index < -0.39 is 0 Å². The van der Waals surface area contributed by atoms with E-state index >= 15 is 0 Å². The monoisotopic (exact) mass is 249 g/mol. The first kappa shape index (κ1) is 11.7. The van der Waals surface area contributed by atoms with E-state index in [2.05, 4.69) is 43.1 Å². The van der Waals surface area contributed by atoms with Crippen LogP contribution in [0, 0.1) is 13.8 Å². The van der Waals surface area contributed by atoms with Crippen LogP contribution >= 0.6 is 0 Å². The van der Waals surface area contributed by atoms with Crippen LogP contribution in [0.15, 0.2) is 42.6 Å². The van der Waals surface area contributed by atoms with Gasteiger partial charge in [-0.2, -0.15) is 0 Å². The van der Waals surface area contributed by atoms with Gasteiger partial charge in [0.25, 0.3) is 0 Å². The maximum atomic E-state index is 11.2. The van der Waals surface area contributed by atoms with Gasteiger partial charge in [-0.25, -0.2) is 0 Å². The number of carbonyl (C=O) groups excluding carboxylic acids is 1. The fourth-order valence-electron chi connectivity index (χ4n) is 2.75. The summed E-state index contributed by atoms with van der Waals surface area (Å²) in [6.07, 6.45) is 2.69. The third-order valence-corrected chi connectivity index (χ3v) is 3.61. The molecule has 1 heterocycles. The molecule has 3 aromatic rings. The number of aryl methyl sites for hydroxylation is 2. The van der Waals surface area contributed by atoms with Gasteiger partial charge in [0.15, 0.2) is 6.29 Å². The molecule has 0 saturated heterocycles. The molecule has 1 aromatic heterocycles. The summed E-state index contributed by atoms with van der Waals surface area (Å²) >= 11 is 0. The van der Waals surface area contributed by atoms with Crippen LogP contribution in [0.4, 0.5) is 0 Å². The molecule has 0 unspecified atom stereocenters. The second kappa shape index (κ2) is 4.39. The lowest BCUT2D eigenvalue weighted by Gasteiger charge is -2.11. The molecular weight excluding hydrogens is 234 g/mol. The molecule has 2 nitrogen and oxygen atoms in total. The molecular formula is C17H15NO. The standard InChI is InChI=1S/C17H15NO/c1-11-5-3-6-12(2)16(11)14-7-4-8-15-17(14)13(10-19)9-18-15/h3-10,18H,1-2H3. The molecule has 19 heavy (non-hydrogen) atoms. The highest BCUT2D eigenvalue weighted by Crippen LogP contribution is 2.34. The first-order valence-corrected chi connectivity index (χ1v) is 6.34. The molecule has 1 N–H and O–H groups in total. The fourth-order valence-corrected chi connectivity index (χ4v) is 2.75. The highest BCUT2D eigenvalue weighted by Gasteiger charge is 2.12. The van der Waals surface area contributed by atoms with Crippen LogP contribution in [0.3, 0.4) is 0 Å². The lowest BCUT2D eigenvalue weighted by Crippen LogP contribution is -1.89. The SMILES string of the molecule is Cc1cccc(C)c1-c1cccc2[nH]cc(C=O)c12. The predicted molar refractivity (Wildman–Crippen MR) is 78.6 cm³/mol. The fraction of sp³-hybridized carbons (Fsp3) is 0.118. The van der Waals surface area contributed by atoms with E-state index in [0.29, 0.717) is 5.56 Å². The number of H-pyrrole nitrogens is 1. The molecule has 0 aliphatic rings. The van der Waals surface area contributed by atoms with Gasteiger partial charge in [-0.15, -0.1) is 0 Å². The van der Waals surface area contributed by atoms with E-state index in [0.717, 1.165) is 22.8 Å². The number of hydrogen-bond acceptors (Lipinski definition) is 1. The van der Waals surface area contributed by atoms with Gasteiger partial charge in [0, 0.05) is 22.7 Å². The Morgan fingerprint density at radius 3 is 2.37 bits per heavy atom. The van der Waals surface area contributed by atoms with Crippen molar-refractivity contribution in [2.45, 2.75) is 13.8 Å². The van der Waals surface area contributed by atoms with Crippen molar-refractivity contribution in [3.8, 4) is 11.1 Å². The zero-order valence-electron chi connectivity index (χ0n) is 11.0. The normalized spacial score (nSPS) is 10.8. The molecule has 0 aliphatic carbocycles. The predicted octanol–water partition coefficient (Wildman–Crippen LogP) is 4.26. The molecule has 0 amide bonds. The van der Waals surface area contributed by atoms with Crippen molar-refractivity contribution in [2.24, 2.45) is 0 Å².